The molecule has 0 aliphatic rings. The molecule has 0 unspecified atom stereocenters. The van der Waals surface area contributed by atoms with E-state index in [-0.39, 0.29) is 5.91 Å². The van der Waals surface area contributed by atoms with Crippen molar-refractivity contribution in [3.05, 3.63) is 53.9 Å². The Morgan fingerprint density at radius 3 is 2.36 bits per heavy atom. The van der Waals surface area contributed by atoms with Gasteiger partial charge in [-0.2, -0.15) is 0 Å². The standard InChI is InChI=1S/C18H23N3O/c1-4-14-7-9-16(10-8-14)20-18(22)15-11-17(13-19-12-15)21(5-2)6-3/h7-13H,4-6H2,1-3H3,(H,20,22). The average Bonchev–Trinajstić information content (AvgIpc) is 2.57. The molecule has 0 spiro atoms. The van der Waals surface area contributed by atoms with Crippen LogP contribution in [0.5, 0.6) is 0 Å². The molecular weight excluding hydrogens is 274 g/mol. The lowest BCUT2D eigenvalue weighted by atomic mass is 10.1. The van der Waals surface area contributed by atoms with Crippen LogP contribution in [0.3, 0.4) is 0 Å². The van der Waals surface area contributed by atoms with E-state index in [1.807, 2.05) is 30.3 Å². The number of hydrogen-bond acceptors (Lipinski definition) is 3. The van der Waals surface area contributed by atoms with Crippen LogP contribution in [-0.2, 0) is 6.42 Å². The number of pyridine rings is 1. The van der Waals surface area contributed by atoms with Crippen molar-refractivity contribution in [2.75, 3.05) is 23.3 Å². The fourth-order valence-electron chi connectivity index (χ4n) is 2.34. The van der Waals surface area contributed by atoms with Crippen molar-refractivity contribution in [1.29, 1.82) is 0 Å². The summed E-state index contributed by atoms with van der Waals surface area (Å²) in [6.45, 7) is 8.07. The van der Waals surface area contributed by atoms with Crippen LogP contribution in [0.2, 0.25) is 0 Å². The smallest absolute Gasteiger partial charge is 0.257 e. The van der Waals surface area contributed by atoms with Gasteiger partial charge in [-0.15, -0.1) is 0 Å². The number of anilines is 2. The fourth-order valence-corrected chi connectivity index (χ4v) is 2.34. The molecule has 4 nitrogen and oxygen atoms in total. The molecule has 2 rings (SSSR count). The lowest BCUT2D eigenvalue weighted by Gasteiger charge is -2.20. The molecule has 0 radical (unpaired) electrons. The van der Waals surface area contributed by atoms with E-state index in [9.17, 15) is 4.79 Å². The van der Waals surface area contributed by atoms with Gasteiger partial charge in [0.15, 0.2) is 0 Å². The number of nitrogens with zero attached hydrogens (tertiary/aromatic N) is 2. The van der Waals surface area contributed by atoms with E-state index in [0.717, 1.165) is 30.9 Å². The highest BCUT2D eigenvalue weighted by Gasteiger charge is 2.10. The summed E-state index contributed by atoms with van der Waals surface area (Å²) in [7, 11) is 0. The Balaban J connectivity index is 2.13. The Bertz CT molecular complexity index is 618. The van der Waals surface area contributed by atoms with Gasteiger partial charge in [-0.1, -0.05) is 19.1 Å². The van der Waals surface area contributed by atoms with E-state index in [1.54, 1.807) is 12.4 Å². The van der Waals surface area contributed by atoms with Crippen LogP contribution in [0.15, 0.2) is 42.7 Å². The van der Waals surface area contributed by atoms with Crippen molar-refractivity contribution in [3.63, 3.8) is 0 Å². The molecule has 0 atom stereocenters. The molecule has 0 saturated carbocycles. The number of benzene rings is 1. The zero-order valence-corrected chi connectivity index (χ0v) is 13.5. The van der Waals surface area contributed by atoms with Gasteiger partial charge in [-0.3, -0.25) is 9.78 Å². The highest BCUT2D eigenvalue weighted by atomic mass is 16.1. The summed E-state index contributed by atoms with van der Waals surface area (Å²) in [6.07, 6.45) is 4.38. The van der Waals surface area contributed by atoms with Crippen molar-refractivity contribution in [1.82, 2.24) is 4.98 Å². The van der Waals surface area contributed by atoms with E-state index < -0.39 is 0 Å². The number of aryl methyl sites for hydroxylation is 1. The Labute approximate surface area is 132 Å². The molecule has 1 aromatic carbocycles. The molecular formula is C18H23N3O. The van der Waals surface area contributed by atoms with Gasteiger partial charge in [0.1, 0.15) is 0 Å². The Kier molecular flexibility index (Phi) is 5.53. The van der Waals surface area contributed by atoms with Crippen LogP contribution in [0.4, 0.5) is 11.4 Å². The number of hydrogen-bond donors (Lipinski definition) is 1. The van der Waals surface area contributed by atoms with Gasteiger partial charge in [-0.25, -0.2) is 0 Å². The molecule has 4 heteroatoms. The van der Waals surface area contributed by atoms with Gasteiger partial charge in [0.2, 0.25) is 0 Å². The minimum Gasteiger partial charge on any atom is -0.371 e. The van der Waals surface area contributed by atoms with Gasteiger partial charge in [0, 0.05) is 25.0 Å². The molecule has 2 aromatic rings. The molecule has 0 fully saturated rings. The van der Waals surface area contributed by atoms with Gasteiger partial charge >= 0.3 is 0 Å². The van der Waals surface area contributed by atoms with E-state index in [0.29, 0.717) is 5.56 Å². The Morgan fingerprint density at radius 2 is 1.77 bits per heavy atom. The first-order chi connectivity index (χ1) is 10.7. The zero-order valence-electron chi connectivity index (χ0n) is 13.5. The second-order valence-electron chi connectivity index (χ2n) is 5.11. The summed E-state index contributed by atoms with van der Waals surface area (Å²) < 4.78 is 0. The fraction of sp³-hybridized carbons (Fsp3) is 0.333. The summed E-state index contributed by atoms with van der Waals surface area (Å²) in [5, 5.41) is 2.91. The number of amides is 1. The van der Waals surface area contributed by atoms with Crippen molar-refractivity contribution in [2.24, 2.45) is 0 Å². The van der Waals surface area contributed by atoms with Crippen LogP contribution < -0.4 is 10.2 Å². The molecule has 0 saturated heterocycles. The van der Waals surface area contributed by atoms with E-state index >= 15 is 0 Å². The third-order valence-corrected chi connectivity index (χ3v) is 3.73. The van der Waals surface area contributed by atoms with Crippen molar-refractivity contribution >= 4 is 17.3 Å². The lowest BCUT2D eigenvalue weighted by molar-refractivity contribution is 0.102. The second-order valence-corrected chi connectivity index (χ2v) is 5.11. The Morgan fingerprint density at radius 1 is 1.09 bits per heavy atom. The van der Waals surface area contributed by atoms with Crippen LogP contribution >= 0.6 is 0 Å². The number of carbonyl (C=O) groups is 1. The number of carbonyl (C=O) groups excluding carboxylic acids is 1. The summed E-state index contributed by atoms with van der Waals surface area (Å²) in [4.78, 5) is 18.7. The van der Waals surface area contributed by atoms with Gasteiger partial charge in [0.25, 0.3) is 5.91 Å². The first-order valence-corrected chi connectivity index (χ1v) is 7.78. The summed E-state index contributed by atoms with van der Waals surface area (Å²) in [6, 6.07) is 9.80. The Hall–Kier alpha value is -2.36. The van der Waals surface area contributed by atoms with E-state index in [1.165, 1.54) is 5.56 Å². The van der Waals surface area contributed by atoms with Crippen molar-refractivity contribution in [3.8, 4) is 0 Å². The largest absolute Gasteiger partial charge is 0.371 e. The average molecular weight is 297 g/mol. The van der Waals surface area contributed by atoms with Crippen LogP contribution in [0, 0.1) is 0 Å². The molecule has 1 N–H and O–H groups in total. The molecule has 1 amide bonds. The normalized spacial score (nSPS) is 10.3. The SMILES string of the molecule is CCc1ccc(NC(=O)c2cncc(N(CC)CC)c2)cc1. The minimum absolute atomic E-state index is 0.134. The van der Waals surface area contributed by atoms with Gasteiger partial charge < -0.3 is 10.2 Å². The predicted octanol–water partition coefficient (Wildman–Crippen LogP) is 3.74. The number of aromatic nitrogens is 1. The minimum atomic E-state index is -0.134. The number of rotatable bonds is 6. The molecule has 0 aliphatic carbocycles. The van der Waals surface area contributed by atoms with Crippen LogP contribution in [0.25, 0.3) is 0 Å². The summed E-state index contributed by atoms with van der Waals surface area (Å²) in [5.41, 5.74) is 3.60. The zero-order chi connectivity index (χ0) is 15.9. The number of nitrogens with one attached hydrogen (secondary N) is 1. The van der Waals surface area contributed by atoms with Crippen LogP contribution in [-0.4, -0.2) is 24.0 Å². The first-order valence-electron chi connectivity index (χ1n) is 7.78. The quantitative estimate of drug-likeness (QED) is 0.883. The third kappa shape index (κ3) is 3.85. The molecule has 1 heterocycles. The van der Waals surface area contributed by atoms with Crippen molar-refractivity contribution in [2.45, 2.75) is 27.2 Å². The monoisotopic (exact) mass is 297 g/mol. The molecule has 0 bridgehead atoms. The van der Waals surface area contributed by atoms with Crippen LogP contribution in [0.1, 0.15) is 36.7 Å². The maximum absolute atomic E-state index is 12.4. The summed E-state index contributed by atoms with van der Waals surface area (Å²) >= 11 is 0. The molecule has 116 valence electrons. The first kappa shape index (κ1) is 16.0. The summed E-state index contributed by atoms with van der Waals surface area (Å²) in [5.74, 6) is -0.134. The van der Waals surface area contributed by atoms with Crippen molar-refractivity contribution < 1.29 is 4.79 Å². The predicted molar refractivity (Wildman–Crippen MR) is 91.6 cm³/mol. The van der Waals surface area contributed by atoms with E-state index in [2.05, 4.69) is 36.0 Å². The molecule has 0 aliphatic heterocycles. The topological polar surface area (TPSA) is 45.2 Å². The highest BCUT2D eigenvalue weighted by Crippen LogP contribution is 2.16. The molecule has 1 aromatic heterocycles. The van der Waals surface area contributed by atoms with Gasteiger partial charge in [0.05, 0.1) is 17.4 Å². The lowest BCUT2D eigenvalue weighted by Crippen LogP contribution is -2.22. The van der Waals surface area contributed by atoms with Gasteiger partial charge in [-0.05, 0) is 44.0 Å². The third-order valence-electron chi connectivity index (χ3n) is 3.73. The second kappa shape index (κ2) is 7.59. The van der Waals surface area contributed by atoms with E-state index in [4.69, 9.17) is 0 Å². The maximum Gasteiger partial charge on any atom is 0.257 e. The maximum atomic E-state index is 12.4. The molecule has 22 heavy (non-hydrogen) atoms. The highest BCUT2D eigenvalue weighted by molar-refractivity contribution is 6.04.